The van der Waals surface area contributed by atoms with E-state index in [9.17, 15) is 4.79 Å². The SMILES string of the molecule is O=C(/C=C/c1ccco1)NCCN1CCOCC1. The van der Waals surface area contributed by atoms with E-state index in [4.69, 9.17) is 9.15 Å². The minimum absolute atomic E-state index is 0.0975. The van der Waals surface area contributed by atoms with Crippen LogP contribution in [0.4, 0.5) is 0 Å². The molecule has 1 saturated heterocycles. The molecular formula is C13H18N2O3. The molecule has 2 heterocycles. The Balaban J connectivity index is 1.62. The Bertz CT molecular complexity index is 381. The van der Waals surface area contributed by atoms with Crippen LogP contribution in [0.25, 0.3) is 6.08 Å². The maximum Gasteiger partial charge on any atom is 0.244 e. The van der Waals surface area contributed by atoms with Gasteiger partial charge in [-0.3, -0.25) is 9.69 Å². The molecule has 1 fully saturated rings. The fourth-order valence-electron chi connectivity index (χ4n) is 1.76. The molecular weight excluding hydrogens is 232 g/mol. The zero-order valence-corrected chi connectivity index (χ0v) is 10.3. The summed E-state index contributed by atoms with van der Waals surface area (Å²) in [4.78, 5) is 13.8. The zero-order valence-electron chi connectivity index (χ0n) is 10.3. The summed E-state index contributed by atoms with van der Waals surface area (Å²) in [7, 11) is 0. The molecule has 2 rings (SSSR count). The summed E-state index contributed by atoms with van der Waals surface area (Å²) in [5.41, 5.74) is 0. The van der Waals surface area contributed by atoms with Gasteiger partial charge in [-0.1, -0.05) is 0 Å². The second kappa shape index (κ2) is 6.98. The molecule has 1 aromatic rings. The Labute approximate surface area is 106 Å². The number of hydrogen-bond acceptors (Lipinski definition) is 4. The van der Waals surface area contributed by atoms with Gasteiger partial charge in [-0.25, -0.2) is 0 Å². The van der Waals surface area contributed by atoms with Crippen LogP contribution in [0.15, 0.2) is 28.9 Å². The van der Waals surface area contributed by atoms with Crippen molar-refractivity contribution in [2.75, 3.05) is 39.4 Å². The van der Waals surface area contributed by atoms with Crippen LogP contribution in [0.3, 0.4) is 0 Å². The lowest BCUT2D eigenvalue weighted by Crippen LogP contribution is -2.41. The summed E-state index contributed by atoms with van der Waals surface area (Å²) in [6.45, 7) is 4.97. The van der Waals surface area contributed by atoms with Crippen LogP contribution in [0, 0.1) is 0 Å². The quantitative estimate of drug-likeness (QED) is 0.783. The third kappa shape index (κ3) is 4.35. The summed E-state index contributed by atoms with van der Waals surface area (Å²) in [5, 5.41) is 2.84. The fraction of sp³-hybridized carbons (Fsp3) is 0.462. The molecule has 98 valence electrons. The highest BCUT2D eigenvalue weighted by Gasteiger charge is 2.09. The van der Waals surface area contributed by atoms with Gasteiger partial charge in [0.15, 0.2) is 0 Å². The molecule has 0 unspecified atom stereocenters. The maximum absolute atomic E-state index is 11.5. The Morgan fingerprint density at radius 1 is 1.44 bits per heavy atom. The van der Waals surface area contributed by atoms with Gasteiger partial charge in [0.1, 0.15) is 5.76 Å². The third-order valence-electron chi connectivity index (χ3n) is 2.77. The van der Waals surface area contributed by atoms with E-state index in [1.54, 1.807) is 24.5 Å². The van der Waals surface area contributed by atoms with Gasteiger partial charge in [-0.05, 0) is 18.2 Å². The molecule has 1 aliphatic heterocycles. The molecule has 0 bridgehead atoms. The number of morpholine rings is 1. The molecule has 1 aliphatic rings. The van der Waals surface area contributed by atoms with E-state index in [-0.39, 0.29) is 5.91 Å². The van der Waals surface area contributed by atoms with Gasteiger partial charge in [0.25, 0.3) is 0 Å². The van der Waals surface area contributed by atoms with Crippen molar-refractivity contribution in [2.24, 2.45) is 0 Å². The first-order valence-electron chi connectivity index (χ1n) is 6.14. The first-order chi connectivity index (χ1) is 8.84. The highest BCUT2D eigenvalue weighted by molar-refractivity contribution is 5.91. The van der Waals surface area contributed by atoms with Crippen molar-refractivity contribution in [3.05, 3.63) is 30.2 Å². The number of nitrogens with zero attached hydrogens (tertiary/aromatic N) is 1. The van der Waals surface area contributed by atoms with Gasteiger partial charge < -0.3 is 14.5 Å². The molecule has 0 aromatic carbocycles. The topological polar surface area (TPSA) is 54.7 Å². The van der Waals surface area contributed by atoms with Crippen LogP contribution in [-0.4, -0.2) is 50.2 Å². The van der Waals surface area contributed by atoms with Crippen LogP contribution in [0.2, 0.25) is 0 Å². The van der Waals surface area contributed by atoms with Crippen molar-refractivity contribution in [2.45, 2.75) is 0 Å². The molecule has 1 N–H and O–H groups in total. The Morgan fingerprint density at radius 2 is 2.28 bits per heavy atom. The van der Waals surface area contributed by atoms with E-state index >= 15 is 0 Å². The number of carbonyl (C=O) groups excluding carboxylic acids is 1. The Morgan fingerprint density at radius 3 is 3.00 bits per heavy atom. The van der Waals surface area contributed by atoms with E-state index in [1.165, 1.54) is 6.08 Å². The number of carbonyl (C=O) groups is 1. The van der Waals surface area contributed by atoms with Crippen molar-refractivity contribution in [3.63, 3.8) is 0 Å². The van der Waals surface area contributed by atoms with Gasteiger partial charge in [0, 0.05) is 32.3 Å². The maximum atomic E-state index is 11.5. The van der Waals surface area contributed by atoms with Gasteiger partial charge in [0.05, 0.1) is 19.5 Å². The molecule has 0 spiro atoms. The van der Waals surface area contributed by atoms with Crippen molar-refractivity contribution in [3.8, 4) is 0 Å². The monoisotopic (exact) mass is 250 g/mol. The van der Waals surface area contributed by atoms with Crippen molar-refractivity contribution in [1.29, 1.82) is 0 Å². The minimum atomic E-state index is -0.0975. The molecule has 0 atom stereocenters. The first kappa shape index (κ1) is 12.9. The molecule has 0 aliphatic carbocycles. The van der Waals surface area contributed by atoms with Crippen LogP contribution in [0.5, 0.6) is 0 Å². The van der Waals surface area contributed by atoms with Gasteiger partial charge in [0.2, 0.25) is 5.91 Å². The summed E-state index contributed by atoms with van der Waals surface area (Å²) in [5.74, 6) is 0.581. The van der Waals surface area contributed by atoms with Gasteiger partial charge in [-0.2, -0.15) is 0 Å². The smallest absolute Gasteiger partial charge is 0.244 e. The summed E-state index contributed by atoms with van der Waals surface area (Å²) >= 11 is 0. The van der Waals surface area contributed by atoms with E-state index in [0.717, 1.165) is 32.8 Å². The summed E-state index contributed by atoms with van der Waals surface area (Å²) in [6.07, 6.45) is 4.72. The first-order valence-corrected chi connectivity index (χ1v) is 6.14. The standard InChI is InChI=1S/C13H18N2O3/c16-13(4-3-12-2-1-9-18-12)14-5-6-15-7-10-17-11-8-15/h1-4,9H,5-8,10-11H2,(H,14,16)/b4-3+. The van der Waals surface area contributed by atoms with Crippen LogP contribution in [0.1, 0.15) is 5.76 Å². The highest BCUT2D eigenvalue weighted by Crippen LogP contribution is 2.01. The second-order valence-corrected chi connectivity index (χ2v) is 4.09. The second-order valence-electron chi connectivity index (χ2n) is 4.09. The van der Waals surface area contributed by atoms with E-state index in [1.807, 2.05) is 0 Å². The number of hydrogen-bond donors (Lipinski definition) is 1. The fourth-order valence-corrected chi connectivity index (χ4v) is 1.76. The number of amides is 1. The van der Waals surface area contributed by atoms with E-state index in [0.29, 0.717) is 12.3 Å². The molecule has 5 nitrogen and oxygen atoms in total. The van der Waals surface area contributed by atoms with E-state index in [2.05, 4.69) is 10.2 Å². The number of furan rings is 1. The zero-order chi connectivity index (χ0) is 12.6. The normalized spacial score (nSPS) is 17.1. The lowest BCUT2D eigenvalue weighted by molar-refractivity contribution is -0.116. The van der Waals surface area contributed by atoms with Crippen LogP contribution < -0.4 is 5.32 Å². The van der Waals surface area contributed by atoms with Crippen molar-refractivity contribution < 1.29 is 13.9 Å². The van der Waals surface area contributed by atoms with E-state index < -0.39 is 0 Å². The number of ether oxygens (including phenoxy) is 1. The van der Waals surface area contributed by atoms with Crippen LogP contribution in [-0.2, 0) is 9.53 Å². The Hall–Kier alpha value is -1.59. The highest BCUT2D eigenvalue weighted by atomic mass is 16.5. The third-order valence-corrected chi connectivity index (χ3v) is 2.77. The minimum Gasteiger partial charge on any atom is -0.465 e. The molecule has 0 radical (unpaired) electrons. The van der Waals surface area contributed by atoms with Gasteiger partial charge >= 0.3 is 0 Å². The molecule has 1 aromatic heterocycles. The molecule has 5 heteroatoms. The van der Waals surface area contributed by atoms with Gasteiger partial charge in [-0.15, -0.1) is 0 Å². The lowest BCUT2D eigenvalue weighted by atomic mass is 10.3. The Kier molecular flexibility index (Phi) is 4.99. The predicted octanol–water partition coefficient (Wildman–Crippen LogP) is 0.741. The van der Waals surface area contributed by atoms with Crippen LogP contribution >= 0.6 is 0 Å². The predicted molar refractivity (Wildman–Crippen MR) is 68.0 cm³/mol. The molecule has 1 amide bonds. The average molecular weight is 250 g/mol. The lowest BCUT2D eigenvalue weighted by Gasteiger charge is -2.26. The summed E-state index contributed by atoms with van der Waals surface area (Å²) in [6, 6.07) is 3.59. The summed E-state index contributed by atoms with van der Waals surface area (Å²) < 4.78 is 10.4. The van der Waals surface area contributed by atoms with Crippen molar-refractivity contribution >= 4 is 12.0 Å². The molecule has 18 heavy (non-hydrogen) atoms. The number of nitrogens with one attached hydrogen (secondary N) is 1. The van der Waals surface area contributed by atoms with Crippen molar-refractivity contribution in [1.82, 2.24) is 10.2 Å². The molecule has 0 saturated carbocycles. The largest absolute Gasteiger partial charge is 0.465 e. The number of rotatable bonds is 5. The average Bonchev–Trinajstić information content (AvgIpc) is 2.91.